The molecule has 1 spiro atoms. The third-order valence-electron chi connectivity index (χ3n) is 10.6. The maximum absolute atomic E-state index is 12.2. The van der Waals surface area contributed by atoms with Crippen molar-refractivity contribution < 1.29 is 9.53 Å². The lowest BCUT2D eigenvalue weighted by Gasteiger charge is -2.60. The highest BCUT2D eigenvalue weighted by Crippen LogP contribution is 2.79. The van der Waals surface area contributed by atoms with Gasteiger partial charge in [0.05, 0.1) is 5.60 Å². The minimum atomic E-state index is 0.247. The first-order chi connectivity index (χ1) is 13.6. The molecule has 154 valence electrons. The van der Waals surface area contributed by atoms with Gasteiger partial charge in [-0.05, 0) is 98.9 Å². The largest absolute Gasteiger partial charge is 0.374 e. The number of carbonyl (C=O) groups excluding carboxylic acids is 1. The lowest BCUT2D eigenvalue weighted by atomic mass is 9.45. The van der Waals surface area contributed by atoms with Crippen LogP contribution >= 0.6 is 0 Å². The standard InChI is InChI=1S/C26H38O2/c1-3-6-16-13-17-14-18(27)7-8-19(17)20-9-11-25(4-2)24(23(16)20)21-15-22(21)26(25)10-5-12-28-26/h14,16,19-24H,3-13,15H2,1-2H3/t16-,19-,20?,21+,22-,23?,24?,25-,26-/m0/s1. The Labute approximate surface area is 170 Å². The molecular formula is C26H38O2. The Bertz CT molecular complexity index is 701. The fourth-order valence-corrected chi connectivity index (χ4v) is 9.97. The van der Waals surface area contributed by atoms with Crippen LogP contribution in [-0.4, -0.2) is 18.0 Å². The molecule has 0 aromatic rings. The smallest absolute Gasteiger partial charge is 0.155 e. The number of carbonyl (C=O) groups is 1. The summed E-state index contributed by atoms with van der Waals surface area (Å²) in [5.74, 6) is 6.46. The second-order valence-corrected chi connectivity index (χ2v) is 11.2. The molecule has 2 nitrogen and oxygen atoms in total. The summed E-state index contributed by atoms with van der Waals surface area (Å²) >= 11 is 0. The van der Waals surface area contributed by atoms with Crippen molar-refractivity contribution in [3.05, 3.63) is 11.6 Å². The Kier molecular flexibility index (Phi) is 4.01. The summed E-state index contributed by atoms with van der Waals surface area (Å²) in [4.78, 5) is 12.2. The molecule has 0 bridgehead atoms. The number of fused-ring (bicyclic) bond motifs is 9. The maximum Gasteiger partial charge on any atom is 0.155 e. The van der Waals surface area contributed by atoms with Crippen molar-refractivity contribution in [2.45, 2.75) is 90.1 Å². The van der Waals surface area contributed by atoms with Gasteiger partial charge in [-0.2, -0.15) is 0 Å². The van der Waals surface area contributed by atoms with Gasteiger partial charge >= 0.3 is 0 Å². The number of hydrogen-bond acceptors (Lipinski definition) is 2. The molecule has 28 heavy (non-hydrogen) atoms. The highest BCUT2D eigenvalue weighted by molar-refractivity contribution is 5.91. The van der Waals surface area contributed by atoms with Gasteiger partial charge in [-0.15, -0.1) is 0 Å². The Hall–Kier alpha value is -0.630. The molecule has 0 radical (unpaired) electrons. The van der Waals surface area contributed by atoms with Gasteiger partial charge in [0.15, 0.2) is 5.78 Å². The zero-order valence-electron chi connectivity index (χ0n) is 17.9. The third kappa shape index (κ3) is 2.12. The second kappa shape index (κ2) is 6.19. The maximum atomic E-state index is 12.2. The van der Waals surface area contributed by atoms with Gasteiger partial charge in [-0.3, -0.25) is 4.79 Å². The molecule has 0 amide bonds. The number of allylic oxidation sites excluding steroid dienone is 1. The van der Waals surface area contributed by atoms with Crippen LogP contribution in [0.25, 0.3) is 0 Å². The highest BCUT2D eigenvalue weighted by atomic mass is 16.5. The van der Waals surface area contributed by atoms with E-state index in [-0.39, 0.29) is 5.60 Å². The zero-order chi connectivity index (χ0) is 19.1. The average Bonchev–Trinajstić information content (AvgIpc) is 3.27. The van der Waals surface area contributed by atoms with E-state index in [4.69, 9.17) is 4.74 Å². The first kappa shape index (κ1) is 18.2. The normalized spacial score (nSPS) is 54.0. The molecule has 1 aliphatic heterocycles. The van der Waals surface area contributed by atoms with Gasteiger partial charge in [-0.25, -0.2) is 0 Å². The van der Waals surface area contributed by atoms with E-state index in [2.05, 4.69) is 19.9 Å². The lowest BCUT2D eigenvalue weighted by Crippen LogP contribution is -2.57. The van der Waals surface area contributed by atoms with E-state index in [0.29, 0.717) is 11.2 Å². The summed E-state index contributed by atoms with van der Waals surface area (Å²) in [6.45, 7) is 5.87. The van der Waals surface area contributed by atoms with Crippen LogP contribution in [0.1, 0.15) is 84.5 Å². The van der Waals surface area contributed by atoms with Crippen LogP contribution in [-0.2, 0) is 9.53 Å². The average molecular weight is 383 g/mol. The lowest BCUT2D eigenvalue weighted by molar-refractivity contribution is -0.167. The van der Waals surface area contributed by atoms with Gasteiger partial charge in [-0.1, -0.05) is 32.3 Å². The molecule has 3 unspecified atom stereocenters. The molecule has 1 heterocycles. The number of ether oxygens (including phenoxy) is 1. The second-order valence-electron chi connectivity index (χ2n) is 11.2. The van der Waals surface area contributed by atoms with Crippen LogP contribution in [0.2, 0.25) is 0 Å². The van der Waals surface area contributed by atoms with Crippen LogP contribution in [0.15, 0.2) is 11.6 Å². The predicted molar refractivity (Wildman–Crippen MR) is 111 cm³/mol. The van der Waals surface area contributed by atoms with E-state index in [9.17, 15) is 4.79 Å². The molecule has 0 N–H and O–H groups in total. The van der Waals surface area contributed by atoms with E-state index in [0.717, 1.165) is 60.9 Å². The minimum absolute atomic E-state index is 0.247. The molecule has 0 aromatic heterocycles. The van der Waals surface area contributed by atoms with Crippen molar-refractivity contribution in [3.8, 4) is 0 Å². The highest BCUT2D eigenvalue weighted by Gasteiger charge is 2.78. The van der Waals surface area contributed by atoms with Gasteiger partial charge in [0.1, 0.15) is 0 Å². The summed E-state index contributed by atoms with van der Waals surface area (Å²) in [6.07, 6.45) is 16.2. The SMILES string of the molecule is CCC[C@H]1CC2=CC(=O)CC[C@@H]2C2CC[C@@]3(CC)C(C21)[C@@H]1C[C@@H]1[C@@]31CCCO1. The van der Waals surface area contributed by atoms with Gasteiger partial charge in [0, 0.05) is 18.4 Å². The van der Waals surface area contributed by atoms with Crippen LogP contribution in [0.5, 0.6) is 0 Å². The number of hydrogen-bond donors (Lipinski definition) is 0. The van der Waals surface area contributed by atoms with E-state index < -0.39 is 0 Å². The van der Waals surface area contributed by atoms with E-state index in [1.165, 1.54) is 57.8 Å². The predicted octanol–water partition coefficient (Wildman–Crippen LogP) is 5.95. The molecule has 5 fully saturated rings. The third-order valence-corrected chi connectivity index (χ3v) is 10.6. The number of ketones is 1. The molecule has 6 aliphatic rings. The zero-order valence-corrected chi connectivity index (χ0v) is 17.9. The Balaban J connectivity index is 1.43. The Morgan fingerprint density at radius 1 is 1.18 bits per heavy atom. The minimum Gasteiger partial charge on any atom is -0.374 e. The first-order valence-electron chi connectivity index (χ1n) is 12.5. The van der Waals surface area contributed by atoms with Gasteiger partial charge < -0.3 is 4.74 Å². The van der Waals surface area contributed by atoms with Crippen molar-refractivity contribution in [1.29, 1.82) is 0 Å². The molecule has 6 rings (SSSR count). The van der Waals surface area contributed by atoms with Crippen LogP contribution in [0.3, 0.4) is 0 Å². The van der Waals surface area contributed by atoms with Crippen molar-refractivity contribution >= 4 is 5.78 Å². The Morgan fingerprint density at radius 2 is 2.07 bits per heavy atom. The molecule has 2 heteroatoms. The molecular weight excluding hydrogens is 344 g/mol. The fraction of sp³-hybridized carbons (Fsp3) is 0.885. The van der Waals surface area contributed by atoms with Crippen molar-refractivity contribution in [3.63, 3.8) is 0 Å². The quantitative estimate of drug-likeness (QED) is 0.603. The summed E-state index contributed by atoms with van der Waals surface area (Å²) in [6, 6.07) is 0. The first-order valence-corrected chi connectivity index (χ1v) is 12.5. The molecule has 1 saturated heterocycles. The van der Waals surface area contributed by atoms with Crippen LogP contribution in [0.4, 0.5) is 0 Å². The van der Waals surface area contributed by atoms with E-state index in [1.54, 1.807) is 5.57 Å². The molecule has 4 saturated carbocycles. The molecule has 0 aromatic carbocycles. The van der Waals surface area contributed by atoms with E-state index >= 15 is 0 Å². The monoisotopic (exact) mass is 382 g/mol. The van der Waals surface area contributed by atoms with Gasteiger partial charge in [0.2, 0.25) is 0 Å². The van der Waals surface area contributed by atoms with Crippen molar-refractivity contribution in [1.82, 2.24) is 0 Å². The van der Waals surface area contributed by atoms with E-state index in [1.807, 2.05) is 0 Å². The van der Waals surface area contributed by atoms with Crippen molar-refractivity contribution in [2.75, 3.05) is 6.61 Å². The Morgan fingerprint density at radius 3 is 2.82 bits per heavy atom. The van der Waals surface area contributed by atoms with Crippen molar-refractivity contribution in [2.24, 2.45) is 46.8 Å². The van der Waals surface area contributed by atoms with Crippen LogP contribution in [0, 0.1) is 46.8 Å². The summed E-state index contributed by atoms with van der Waals surface area (Å²) in [7, 11) is 0. The number of rotatable bonds is 3. The summed E-state index contributed by atoms with van der Waals surface area (Å²) in [5.41, 5.74) is 2.27. The summed E-state index contributed by atoms with van der Waals surface area (Å²) < 4.78 is 6.76. The van der Waals surface area contributed by atoms with Gasteiger partial charge in [0.25, 0.3) is 0 Å². The summed E-state index contributed by atoms with van der Waals surface area (Å²) in [5, 5.41) is 0. The fourth-order valence-electron chi connectivity index (χ4n) is 9.97. The molecule has 9 atom stereocenters. The molecule has 5 aliphatic carbocycles. The van der Waals surface area contributed by atoms with Crippen LogP contribution < -0.4 is 0 Å². The topological polar surface area (TPSA) is 26.3 Å².